The first-order valence-electron chi connectivity index (χ1n) is 33.9. The summed E-state index contributed by atoms with van der Waals surface area (Å²) < 4.78 is 47.3. The maximum absolute atomic E-state index is 6.89. The molecular weight excluding hydrogens is 929 g/mol. The van der Waals surface area contributed by atoms with Gasteiger partial charge in [0.05, 0.1) is 26.4 Å². The zero-order valence-corrected chi connectivity index (χ0v) is 52.2. The van der Waals surface area contributed by atoms with E-state index in [1.165, 1.54) is 231 Å². The van der Waals surface area contributed by atoms with Crippen molar-refractivity contribution < 1.29 is 33.2 Å². The summed E-state index contributed by atoms with van der Waals surface area (Å²) in [4.78, 5) is 0. The van der Waals surface area contributed by atoms with Gasteiger partial charge in [0.25, 0.3) is 0 Å². The van der Waals surface area contributed by atoms with E-state index in [4.69, 9.17) is 33.2 Å². The lowest BCUT2D eigenvalue weighted by Crippen LogP contribution is -2.25. The average Bonchev–Trinajstić information content (AvgIpc) is 3.41. The molecule has 7 heteroatoms. The highest BCUT2D eigenvalue weighted by molar-refractivity contribution is 5.09. The molecule has 0 aromatic carbocycles. The van der Waals surface area contributed by atoms with Crippen LogP contribution in [0.25, 0.3) is 0 Å². The number of rotatable bonds is 64. The quantitative estimate of drug-likeness (QED) is 0.0342. The van der Waals surface area contributed by atoms with Gasteiger partial charge in [-0.15, -0.1) is 0 Å². The van der Waals surface area contributed by atoms with Crippen molar-refractivity contribution in [2.75, 3.05) is 40.0 Å². The van der Waals surface area contributed by atoms with Crippen molar-refractivity contribution in [2.45, 2.75) is 376 Å². The van der Waals surface area contributed by atoms with Crippen molar-refractivity contribution >= 4 is 0 Å². The van der Waals surface area contributed by atoms with Crippen LogP contribution in [0.4, 0.5) is 0 Å². The monoisotopic (exact) mass is 1060 g/mol. The Balaban J connectivity index is 6.45. The van der Waals surface area contributed by atoms with Gasteiger partial charge in [-0.25, -0.2) is 0 Å². The van der Waals surface area contributed by atoms with Crippen LogP contribution in [0.3, 0.4) is 0 Å². The molecule has 0 saturated heterocycles. The minimum Gasteiger partial charge on any atom is -0.494 e. The first-order valence-corrected chi connectivity index (χ1v) is 33.9. The summed E-state index contributed by atoms with van der Waals surface area (Å²) in [5.41, 5.74) is 0. The zero-order valence-electron chi connectivity index (χ0n) is 52.2. The van der Waals surface area contributed by atoms with Gasteiger partial charge in [0, 0.05) is 12.8 Å². The normalized spacial score (nSPS) is 13.2. The fourth-order valence-electron chi connectivity index (χ4n) is 10.1. The second-order valence-electron chi connectivity index (χ2n) is 22.5. The highest BCUT2D eigenvalue weighted by Crippen LogP contribution is 2.28. The molecule has 75 heavy (non-hydrogen) atoms. The Kier molecular flexibility index (Phi) is 60.6. The van der Waals surface area contributed by atoms with E-state index in [-0.39, 0.29) is 25.8 Å². The SMILES string of the molecule is CCCCCCCCCCOC(CCC)=C(OCCCCCCCCCC)C(CCCCCCC)OCOCOC(CCCCCCC)C(OCCCCCCCCCC)=C(CCC)OCCCCCCCCCC. The first-order chi connectivity index (χ1) is 37.1. The van der Waals surface area contributed by atoms with Crippen LogP contribution in [0.5, 0.6) is 0 Å². The van der Waals surface area contributed by atoms with Crippen molar-refractivity contribution in [3.8, 4) is 0 Å². The number of hydrogen-bond donors (Lipinski definition) is 0. The molecule has 448 valence electrons. The fraction of sp³-hybridized carbons (Fsp3) is 0.941. The molecule has 0 bridgehead atoms. The van der Waals surface area contributed by atoms with E-state index in [2.05, 4.69) is 55.4 Å². The molecule has 0 radical (unpaired) electrons. The summed E-state index contributed by atoms with van der Waals surface area (Å²) in [6, 6.07) is 0. The van der Waals surface area contributed by atoms with E-state index < -0.39 is 0 Å². The van der Waals surface area contributed by atoms with Crippen molar-refractivity contribution in [1.82, 2.24) is 0 Å². The molecule has 2 atom stereocenters. The van der Waals surface area contributed by atoms with Gasteiger partial charge in [-0.2, -0.15) is 0 Å². The lowest BCUT2D eigenvalue weighted by molar-refractivity contribution is -0.167. The van der Waals surface area contributed by atoms with E-state index in [0.717, 1.165) is 113 Å². The highest BCUT2D eigenvalue weighted by atomic mass is 16.7. The molecule has 0 aliphatic rings. The molecule has 7 nitrogen and oxygen atoms in total. The molecule has 2 unspecified atom stereocenters. The maximum atomic E-state index is 6.89. The summed E-state index contributed by atoms with van der Waals surface area (Å²) in [6.45, 7) is 21.4. The number of unbranched alkanes of at least 4 members (excludes halogenated alkanes) is 36. The molecule has 0 aromatic heterocycles. The van der Waals surface area contributed by atoms with Gasteiger partial charge in [-0.3, -0.25) is 0 Å². The number of hydrogen-bond acceptors (Lipinski definition) is 7. The summed E-state index contributed by atoms with van der Waals surface area (Å²) in [6.07, 6.45) is 58.2. The third-order valence-electron chi connectivity index (χ3n) is 15.0. The molecule has 0 rings (SSSR count). The van der Waals surface area contributed by atoms with Gasteiger partial charge in [-0.1, -0.05) is 299 Å². The van der Waals surface area contributed by atoms with Crippen LogP contribution in [-0.4, -0.2) is 52.2 Å². The van der Waals surface area contributed by atoms with Crippen molar-refractivity contribution in [3.05, 3.63) is 23.0 Å². The highest BCUT2D eigenvalue weighted by Gasteiger charge is 2.25. The molecule has 0 aromatic rings. The summed E-state index contributed by atoms with van der Waals surface area (Å²) in [5, 5.41) is 0. The zero-order chi connectivity index (χ0) is 54.6. The second-order valence-corrected chi connectivity index (χ2v) is 22.5. The van der Waals surface area contributed by atoms with E-state index in [9.17, 15) is 0 Å². The number of allylic oxidation sites excluding steroid dienone is 2. The minimum atomic E-state index is -0.221. The van der Waals surface area contributed by atoms with E-state index in [1.807, 2.05) is 0 Å². The lowest BCUT2D eigenvalue weighted by Gasteiger charge is -2.26. The summed E-state index contributed by atoms with van der Waals surface area (Å²) in [7, 11) is 0. The van der Waals surface area contributed by atoms with Crippen LogP contribution in [0.1, 0.15) is 364 Å². The van der Waals surface area contributed by atoms with Crippen LogP contribution in [0, 0.1) is 0 Å². The Morgan fingerprint density at radius 3 is 0.720 bits per heavy atom. The standard InChI is InChI=1S/C68H134O7/c1-9-17-23-29-33-37-43-49-57-70-63(53-15-7)67(72-59-51-45-39-35-31-25-19-11-3)65(55-47-41-27-21-13-5)74-61-69-62-75-66(56-48-42-28-22-14-6)68(73-60-52-46-40-36-32-26-20-12-4)64(54-16-8)71-58-50-44-38-34-30-24-18-10-2/h65-66H,9-62H2,1-8H3. The Labute approximate surface area is 470 Å². The molecule has 0 spiro atoms. The largest absolute Gasteiger partial charge is 0.494 e. The van der Waals surface area contributed by atoms with Gasteiger partial charge in [0.15, 0.2) is 25.1 Å². The van der Waals surface area contributed by atoms with Crippen LogP contribution in [0.15, 0.2) is 23.0 Å². The third-order valence-corrected chi connectivity index (χ3v) is 15.0. The van der Waals surface area contributed by atoms with E-state index in [0.29, 0.717) is 13.2 Å². The van der Waals surface area contributed by atoms with Gasteiger partial charge in [-0.05, 0) is 51.4 Å². The Bertz CT molecular complexity index is 1080. The summed E-state index contributed by atoms with van der Waals surface area (Å²) in [5.74, 6) is 3.83. The van der Waals surface area contributed by atoms with E-state index in [1.54, 1.807) is 0 Å². The Hall–Kier alpha value is -1.44. The summed E-state index contributed by atoms with van der Waals surface area (Å²) >= 11 is 0. The molecular formula is C68H134O7. The smallest absolute Gasteiger partial charge is 0.162 e. The van der Waals surface area contributed by atoms with Crippen LogP contribution in [-0.2, 0) is 33.2 Å². The molecule has 0 aliphatic carbocycles. The Morgan fingerprint density at radius 2 is 0.467 bits per heavy atom. The van der Waals surface area contributed by atoms with Crippen LogP contribution in [0.2, 0.25) is 0 Å². The molecule has 0 N–H and O–H groups in total. The van der Waals surface area contributed by atoms with Crippen molar-refractivity contribution in [2.24, 2.45) is 0 Å². The predicted octanol–water partition coefficient (Wildman–Crippen LogP) is 23.1. The van der Waals surface area contributed by atoms with E-state index >= 15 is 0 Å². The molecule has 0 fully saturated rings. The maximum Gasteiger partial charge on any atom is 0.162 e. The molecule has 0 amide bonds. The van der Waals surface area contributed by atoms with Gasteiger partial charge < -0.3 is 33.2 Å². The van der Waals surface area contributed by atoms with Gasteiger partial charge in [0.2, 0.25) is 0 Å². The van der Waals surface area contributed by atoms with Gasteiger partial charge >= 0.3 is 0 Å². The molecule has 0 heterocycles. The van der Waals surface area contributed by atoms with Crippen molar-refractivity contribution in [1.29, 1.82) is 0 Å². The minimum absolute atomic E-state index is 0.139. The second kappa shape index (κ2) is 61.8. The van der Waals surface area contributed by atoms with Crippen LogP contribution >= 0.6 is 0 Å². The van der Waals surface area contributed by atoms with Gasteiger partial charge in [0.1, 0.15) is 23.7 Å². The average molecular weight is 1060 g/mol. The lowest BCUT2D eigenvalue weighted by atomic mass is 10.0. The van der Waals surface area contributed by atoms with Crippen molar-refractivity contribution in [3.63, 3.8) is 0 Å². The Morgan fingerprint density at radius 1 is 0.240 bits per heavy atom. The third kappa shape index (κ3) is 48.2. The number of ether oxygens (including phenoxy) is 7. The fourth-order valence-corrected chi connectivity index (χ4v) is 10.1. The van der Waals surface area contributed by atoms with Crippen LogP contribution < -0.4 is 0 Å². The first kappa shape index (κ1) is 73.6. The molecule has 0 aliphatic heterocycles. The topological polar surface area (TPSA) is 64.6 Å². The molecule has 0 saturated carbocycles. The predicted molar refractivity (Wildman–Crippen MR) is 325 cm³/mol.